The number of nitrogens with zero attached hydrogens (tertiary/aromatic N) is 1. The predicted octanol–water partition coefficient (Wildman–Crippen LogP) is 4.30. The van der Waals surface area contributed by atoms with Crippen molar-refractivity contribution in [2.45, 2.75) is 91.8 Å². The zero-order valence-electron chi connectivity index (χ0n) is 14.8. The minimum absolute atomic E-state index is 0.685. The number of hydrogen-bond acceptors (Lipinski definition) is 2. The van der Waals surface area contributed by atoms with Crippen LogP contribution in [0.25, 0.3) is 0 Å². The second-order valence-electron chi connectivity index (χ2n) is 7.06. The van der Waals surface area contributed by atoms with E-state index < -0.39 is 0 Å². The van der Waals surface area contributed by atoms with Crippen LogP contribution in [0.5, 0.6) is 0 Å². The molecule has 20 heavy (non-hydrogen) atoms. The molecule has 0 aliphatic heterocycles. The molecule has 1 aliphatic carbocycles. The maximum Gasteiger partial charge on any atom is 0.0277 e. The maximum absolute atomic E-state index is 3.79. The van der Waals surface area contributed by atoms with Gasteiger partial charge in [0.15, 0.2) is 0 Å². The lowest BCUT2D eigenvalue weighted by molar-refractivity contribution is 0.0329. The minimum atomic E-state index is 0.685. The van der Waals surface area contributed by atoms with Crippen LogP contribution in [0.3, 0.4) is 0 Å². The molecular weight excluding hydrogens is 244 g/mol. The molecule has 0 radical (unpaired) electrons. The Morgan fingerprint density at radius 2 is 1.85 bits per heavy atom. The van der Waals surface area contributed by atoms with E-state index in [1.807, 2.05) is 0 Å². The van der Waals surface area contributed by atoms with Gasteiger partial charge in [0.25, 0.3) is 0 Å². The van der Waals surface area contributed by atoms with E-state index in [-0.39, 0.29) is 0 Å². The predicted molar refractivity (Wildman–Crippen MR) is 90.2 cm³/mol. The Hall–Kier alpha value is -0.0800. The Labute approximate surface area is 127 Å². The highest BCUT2D eigenvalue weighted by atomic mass is 15.2. The number of rotatable bonds is 8. The first-order valence-corrected chi connectivity index (χ1v) is 9.04. The first kappa shape index (κ1) is 18.0. The smallest absolute Gasteiger partial charge is 0.0277 e. The third-order valence-corrected chi connectivity index (χ3v) is 5.20. The summed E-state index contributed by atoms with van der Waals surface area (Å²) in [6, 6.07) is 2.13. The van der Waals surface area contributed by atoms with E-state index in [9.17, 15) is 0 Å². The molecule has 0 heterocycles. The molecule has 0 aromatic heterocycles. The zero-order valence-corrected chi connectivity index (χ0v) is 14.8. The summed E-state index contributed by atoms with van der Waals surface area (Å²) in [5.74, 6) is 1.68. The second kappa shape index (κ2) is 9.04. The summed E-state index contributed by atoms with van der Waals surface area (Å²) in [5.41, 5.74) is 0. The van der Waals surface area contributed by atoms with Crippen LogP contribution >= 0.6 is 0 Å². The van der Waals surface area contributed by atoms with Gasteiger partial charge in [-0.05, 0) is 57.5 Å². The van der Waals surface area contributed by atoms with Crippen LogP contribution in [0.15, 0.2) is 0 Å². The van der Waals surface area contributed by atoms with Gasteiger partial charge in [0.1, 0.15) is 0 Å². The van der Waals surface area contributed by atoms with Crippen molar-refractivity contribution in [3.8, 4) is 0 Å². The van der Waals surface area contributed by atoms with E-state index in [1.54, 1.807) is 0 Å². The van der Waals surface area contributed by atoms with Crippen molar-refractivity contribution in [3.05, 3.63) is 0 Å². The lowest BCUT2D eigenvalue weighted by Crippen LogP contribution is -2.58. The summed E-state index contributed by atoms with van der Waals surface area (Å²) in [5, 5.41) is 3.79. The number of likely N-dealkylation sites (N-methyl/N-ethyl adjacent to an activating group) is 1. The molecule has 0 spiro atoms. The van der Waals surface area contributed by atoms with E-state index in [4.69, 9.17) is 0 Å². The number of nitrogens with one attached hydrogen (secondary N) is 1. The van der Waals surface area contributed by atoms with Gasteiger partial charge in [0.05, 0.1) is 0 Å². The topological polar surface area (TPSA) is 15.3 Å². The summed E-state index contributed by atoms with van der Waals surface area (Å²) >= 11 is 0. The quantitative estimate of drug-likeness (QED) is 0.714. The summed E-state index contributed by atoms with van der Waals surface area (Å²) in [7, 11) is 0. The molecule has 2 nitrogen and oxygen atoms in total. The van der Waals surface area contributed by atoms with Crippen molar-refractivity contribution in [2.75, 3.05) is 13.1 Å². The lowest BCUT2D eigenvalue weighted by atomic mass is 9.75. The summed E-state index contributed by atoms with van der Waals surface area (Å²) in [4.78, 5) is 2.83. The molecule has 0 saturated heterocycles. The Bertz CT molecular complexity index is 254. The highest BCUT2D eigenvalue weighted by molar-refractivity contribution is 4.95. The molecule has 1 saturated carbocycles. The van der Waals surface area contributed by atoms with E-state index in [0.717, 1.165) is 24.4 Å². The normalized spacial score (nSPS) is 32.5. The molecule has 0 amide bonds. The molecule has 120 valence electrons. The van der Waals surface area contributed by atoms with Gasteiger partial charge in [-0.25, -0.2) is 0 Å². The minimum Gasteiger partial charge on any atom is -0.313 e. The largest absolute Gasteiger partial charge is 0.313 e. The summed E-state index contributed by atoms with van der Waals surface area (Å²) in [6.07, 6.45) is 6.65. The second-order valence-corrected chi connectivity index (χ2v) is 7.06. The van der Waals surface area contributed by atoms with Crippen molar-refractivity contribution in [3.63, 3.8) is 0 Å². The molecule has 1 aliphatic rings. The van der Waals surface area contributed by atoms with Gasteiger partial charge in [-0.2, -0.15) is 0 Å². The van der Waals surface area contributed by atoms with E-state index >= 15 is 0 Å². The van der Waals surface area contributed by atoms with E-state index in [1.165, 1.54) is 38.6 Å². The Kier molecular flexibility index (Phi) is 8.13. The van der Waals surface area contributed by atoms with Crippen molar-refractivity contribution in [2.24, 2.45) is 11.8 Å². The Morgan fingerprint density at radius 3 is 2.40 bits per heavy atom. The fraction of sp³-hybridized carbons (Fsp3) is 1.00. The van der Waals surface area contributed by atoms with Crippen molar-refractivity contribution in [1.82, 2.24) is 10.2 Å². The first-order chi connectivity index (χ1) is 9.54. The lowest BCUT2D eigenvalue weighted by Gasteiger charge is -2.48. The monoisotopic (exact) mass is 282 g/mol. The molecule has 2 heteroatoms. The Balaban J connectivity index is 2.86. The molecule has 5 unspecified atom stereocenters. The number of unbranched alkanes of at least 4 members (excludes halogenated alkanes) is 1. The fourth-order valence-electron chi connectivity index (χ4n) is 4.10. The maximum atomic E-state index is 3.79. The van der Waals surface area contributed by atoms with Gasteiger partial charge in [-0.15, -0.1) is 0 Å². The molecule has 0 aromatic carbocycles. The Morgan fingerprint density at radius 1 is 1.15 bits per heavy atom. The average molecular weight is 283 g/mol. The molecule has 0 bridgehead atoms. The average Bonchev–Trinajstić information content (AvgIpc) is 2.41. The molecule has 1 fully saturated rings. The standard InChI is InChI=1S/C18H38N2/c1-7-10-11-20(16(6)8-2)18-15(5)12-14(4)13-17(18)19-9-3/h14-19H,7-13H2,1-6H3. The van der Waals surface area contributed by atoms with Crippen LogP contribution in [0.4, 0.5) is 0 Å². The molecular formula is C18H38N2. The molecule has 5 atom stereocenters. The van der Waals surface area contributed by atoms with Gasteiger partial charge in [-0.3, -0.25) is 4.90 Å². The van der Waals surface area contributed by atoms with Crippen molar-refractivity contribution < 1.29 is 0 Å². The first-order valence-electron chi connectivity index (χ1n) is 9.04. The molecule has 1 N–H and O–H groups in total. The SMILES string of the molecule is CCCCN(C(C)CC)C1C(C)CC(C)CC1NCC. The van der Waals surface area contributed by atoms with E-state index in [0.29, 0.717) is 12.1 Å². The summed E-state index contributed by atoms with van der Waals surface area (Å²) in [6.45, 7) is 16.6. The van der Waals surface area contributed by atoms with Gasteiger partial charge < -0.3 is 5.32 Å². The van der Waals surface area contributed by atoms with Crippen LogP contribution in [-0.4, -0.2) is 36.1 Å². The van der Waals surface area contributed by atoms with Crippen molar-refractivity contribution >= 4 is 0 Å². The van der Waals surface area contributed by atoms with Crippen LogP contribution in [0.1, 0.15) is 73.6 Å². The van der Waals surface area contributed by atoms with Crippen LogP contribution in [0.2, 0.25) is 0 Å². The highest BCUT2D eigenvalue weighted by Crippen LogP contribution is 2.33. The summed E-state index contributed by atoms with van der Waals surface area (Å²) < 4.78 is 0. The third-order valence-electron chi connectivity index (χ3n) is 5.20. The van der Waals surface area contributed by atoms with Gasteiger partial charge >= 0.3 is 0 Å². The third kappa shape index (κ3) is 4.73. The molecule has 0 aromatic rings. The van der Waals surface area contributed by atoms with Gasteiger partial charge in [0.2, 0.25) is 0 Å². The van der Waals surface area contributed by atoms with Crippen LogP contribution in [-0.2, 0) is 0 Å². The fourth-order valence-corrected chi connectivity index (χ4v) is 4.10. The van der Waals surface area contributed by atoms with Gasteiger partial charge in [-0.1, -0.05) is 41.0 Å². The van der Waals surface area contributed by atoms with Crippen LogP contribution in [0, 0.1) is 11.8 Å². The molecule has 1 rings (SSSR count). The zero-order chi connectivity index (χ0) is 15.1. The number of hydrogen-bond donors (Lipinski definition) is 1. The van der Waals surface area contributed by atoms with Crippen molar-refractivity contribution in [1.29, 1.82) is 0 Å². The van der Waals surface area contributed by atoms with E-state index in [2.05, 4.69) is 51.8 Å². The van der Waals surface area contributed by atoms with Crippen LogP contribution < -0.4 is 5.32 Å². The van der Waals surface area contributed by atoms with Gasteiger partial charge in [0, 0.05) is 18.1 Å². The highest BCUT2D eigenvalue weighted by Gasteiger charge is 2.38.